The van der Waals surface area contributed by atoms with Crippen molar-refractivity contribution < 1.29 is 19.4 Å². The third-order valence-corrected chi connectivity index (χ3v) is 4.67. The van der Waals surface area contributed by atoms with Crippen LogP contribution in [-0.2, 0) is 16.0 Å². The van der Waals surface area contributed by atoms with Crippen molar-refractivity contribution in [3.8, 4) is 5.75 Å². The highest BCUT2D eigenvalue weighted by Gasteiger charge is 2.08. The van der Waals surface area contributed by atoms with Gasteiger partial charge in [0.2, 0.25) is 5.91 Å². The van der Waals surface area contributed by atoms with Crippen molar-refractivity contribution in [2.75, 3.05) is 6.61 Å². The molecule has 3 rings (SSSR count). The van der Waals surface area contributed by atoms with Crippen molar-refractivity contribution >= 4 is 44.8 Å². The molecule has 0 spiro atoms. The summed E-state index contributed by atoms with van der Waals surface area (Å²) in [5.41, 5.74) is 3.97. The molecule has 0 fully saturated rings. The highest BCUT2D eigenvalue weighted by atomic mass is 79.9. The van der Waals surface area contributed by atoms with E-state index in [1.54, 1.807) is 24.3 Å². The number of hydrogen-bond acceptors (Lipinski definition) is 4. The predicted octanol–water partition coefficient (Wildman–Crippen LogP) is 3.76. The quantitative estimate of drug-likeness (QED) is 0.432. The molecule has 7 heteroatoms. The third kappa shape index (κ3) is 4.95. The maximum Gasteiger partial charge on any atom is 0.341 e. The average Bonchev–Trinajstić information content (AvgIpc) is 2.69. The predicted molar refractivity (Wildman–Crippen MR) is 111 cm³/mol. The van der Waals surface area contributed by atoms with E-state index < -0.39 is 12.6 Å². The molecule has 2 N–H and O–H groups in total. The molecule has 1 amide bonds. The molecular formula is C21H17BrN2O4. The monoisotopic (exact) mass is 440 g/mol. The molecule has 0 radical (unpaired) electrons. The number of amides is 1. The second kappa shape index (κ2) is 9.14. The molecule has 0 atom stereocenters. The molecule has 0 bridgehead atoms. The number of carboxylic acids is 1. The lowest BCUT2D eigenvalue weighted by molar-refractivity contribution is -0.139. The fraction of sp³-hybridized carbons (Fsp3) is 0.0952. The van der Waals surface area contributed by atoms with Crippen LogP contribution in [0.2, 0.25) is 0 Å². The molecule has 28 heavy (non-hydrogen) atoms. The Labute approximate surface area is 170 Å². The number of benzene rings is 3. The minimum atomic E-state index is -1.07. The van der Waals surface area contributed by atoms with E-state index in [4.69, 9.17) is 9.84 Å². The van der Waals surface area contributed by atoms with E-state index in [0.29, 0.717) is 11.3 Å². The molecule has 0 heterocycles. The van der Waals surface area contributed by atoms with Crippen molar-refractivity contribution in [1.29, 1.82) is 0 Å². The van der Waals surface area contributed by atoms with Gasteiger partial charge in [-0.3, -0.25) is 4.79 Å². The van der Waals surface area contributed by atoms with E-state index >= 15 is 0 Å². The Morgan fingerprint density at radius 3 is 2.54 bits per heavy atom. The summed E-state index contributed by atoms with van der Waals surface area (Å²) in [5.74, 6) is -0.948. The highest BCUT2D eigenvalue weighted by molar-refractivity contribution is 9.10. The van der Waals surface area contributed by atoms with Gasteiger partial charge in [-0.1, -0.05) is 58.4 Å². The van der Waals surface area contributed by atoms with E-state index in [9.17, 15) is 9.59 Å². The van der Waals surface area contributed by atoms with Crippen LogP contribution >= 0.6 is 15.9 Å². The Balaban J connectivity index is 1.67. The summed E-state index contributed by atoms with van der Waals surface area (Å²) in [7, 11) is 0. The number of nitrogens with zero attached hydrogens (tertiary/aromatic N) is 1. The van der Waals surface area contributed by atoms with Crippen molar-refractivity contribution in [1.82, 2.24) is 5.43 Å². The van der Waals surface area contributed by atoms with Crippen LogP contribution in [0.3, 0.4) is 0 Å². The van der Waals surface area contributed by atoms with Crippen LogP contribution in [0.4, 0.5) is 0 Å². The Hall–Kier alpha value is -3.19. The molecule has 3 aromatic carbocycles. The topological polar surface area (TPSA) is 88.0 Å². The third-order valence-electron chi connectivity index (χ3n) is 3.98. The molecule has 0 aliphatic carbocycles. The molecule has 0 unspecified atom stereocenters. The first kappa shape index (κ1) is 19.6. The van der Waals surface area contributed by atoms with Crippen molar-refractivity contribution in [3.63, 3.8) is 0 Å². The summed E-state index contributed by atoms with van der Waals surface area (Å²) < 4.78 is 6.18. The summed E-state index contributed by atoms with van der Waals surface area (Å²) in [4.78, 5) is 22.9. The fourth-order valence-corrected chi connectivity index (χ4v) is 3.20. The van der Waals surface area contributed by atoms with Gasteiger partial charge in [0.15, 0.2) is 6.61 Å². The van der Waals surface area contributed by atoms with Gasteiger partial charge in [-0.25, -0.2) is 10.2 Å². The SMILES string of the molecule is O=C(O)COc1ccccc1C=NNC(=O)Cc1ccc(Br)c2ccccc12. The van der Waals surface area contributed by atoms with Gasteiger partial charge in [-0.2, -0.15) is 5.10 Å². The van der Waals surface area contributed by atoms with Gasteiger partial charge >= 0.3 is 5.97 Å². The number of fused-ring (bicyclic) bond motifs is 1. The largest absolute Gasteiger partial charge is 0.481 e. The number of hydrogen-bond donors (Lipinski definition) is 2. The molecule has 0 aliphatic rings. The Bertz CT molecular complexity index is 1050. The van der Waals surface area contributed by atoms with Crippen LogP contribution in [0, 0.1) is 0 Å². The maximum absolute atomic E-state index is 12.3. The zero-order chi connectivity index (χ0) is 19.9. The first-order valence-electron chi connectivity index (χ1n) is 8.46. The number of rotatable bonds is 7. The van der Waals surface area contributed by atoms with E-state index in [1.165, 1.54) is 6.21 Å². The van der Waals surface area contributed by atoms with E-state index in [-0.39, 0.29) is 12.3 Å². The Morgan fingerprint density at radius 2 is 1.75 bits per heavy atom. The van der Waals surface area contributed by atoms with E-state index in [2.05, 4.69) is 26.5 Å². The number of nitrogens with one attached hydrogen (secondary N) is 1. The number of para-hydroxylation sites is 1. The van der Waals surface area contributed by atoms with Gasteiger partial charge in [0.25, 0.3) is 0 Å². The van der Waals surface area contributed by atoms with Crippen molar-refractivity contribution in [2.45, 2.75) is 6.42 Å². The Kier molecular flexibility index (Phi) is 6.39. The molecule has 0 aromatic heterocycles. The van der Waals surface area contributed by atoms with Crippen LogP contribution in [0.15, 0.2) is 70.2 Å². The summed E-state index contributed by atoms with van der Waals surface area (Å²) in [5, 5.41) is 14.7. The van der Waals surface area contributed by atoms with Gasteiger partial charge in [0.1, 0.15) is 5.75 Å². The van der Waals surface area contributed by atoms with Crippen LogP contribution < -0.4 is 10.2 Å². The van der Waals surface area contributed by atoms with Gasteiger partial charge in [0, 0.05) is 10.0 Å². The lowest BCUT2D eigenvalue weighted by Crippen LogP contribution is -2.20. The number of halogens is 1. The lowest BCUT2D eigenvalue weighted by Gasteiger charge is -2.08. The van der Waals surface area contributed by atoms with Gasteiger partial charge in [0.05, 0.1) is 12.6 Å². The Morgan fingerprint density at radius 1 is 1.04 bits per heavy atom. The van der Waals surface area contributed by atoms with Gasteiger partial charge in [-0.15, -0.1) is 0 Å². The summed E-state index contributed by atoms with van der Waals surface area (Å²) >= 11 is 3.52. The second-order valence-corrected chi connectivity index (χ2v) is 6.80. The number of carboxylic acid groups (broad SMARTS) is 1. The summed E-state index contributed by atoms with van der Waals surface area (Å²) in [6, 6.07) is 18.5. The molecular weight excluding hydrogens is 424 g/mol. The molecule has 0 aliphatic heterocycles. The van der Waals surface area contributed by atoms with Crippen LogP contribution in [0.25, 0.3) is 10.8 Å². The molecule has 3 aromatic rings. The number of hydrazone groups is 1. The maximum atomic E-state index is 12.3. The number of carbonyl (C=O) groups excluding carboxylic acids is 1. The van der Waals surface area contributed by atoms with Crippen molar-refractivity contribution in [2.24, 2.45) is 5.10 Å². The lowest BCUT2D eigenvalue weighted by atomic mass is 10.0. The normalized spacial score (nSPS) is 10.9. The fourth-order valence-electron chi connectivity index (χ4n) is 2.72. The smallest absolute Gasteiger partial charge is 0.341 e. The van der Waals surface area contributed by atoms with Crippen LogP contribution in [0.1, 0.15) is 11.1 Å². The van der Waals surface area contributed by atoms with Crippen LogP contribution in [-0.4, -0.2) is 29.8 Å². The molecule has 142 valence electrons. The van der Waals surface area contributed by atoms with E-state index in [1.807, 2.05) is 36.4 Å². The standard InChI is InChI=1S/C21H17BrN2O4/c22-18-10-9-14(16-6-2-3-7-17(16)18)11-20(25)24-23-12-15-5-1-4-8-19(15)28-13-21(26)27/h1-10,12H,11,13H2,(H,24,25)(H,26,27). The molecule has 0 saturated heterocycles. The number of carbonyl (C=O) groups is 2. The summed E-state index contributed by atoms with van der Waals surface area (Å²) in [6.45, 7) is -0.451. The first-order chi connectivity index (χ1) is 13.5. The van der Waals surface area contributed by atoms with Gasteiger partial charge < -0.3 is 9.84 Å². The number of ether oxygens (including phenoxy) is 1. The summed E-state index contributed by atoms with van der Waals surface area (Å²) in [6.07, 6.45) is 1.61. The van der Waals surface area contributed by atoms with Gasteiger partial charge in [-0.05, 0) is 34.5 Å². The second-order valence-electron chi connectivity index (χ2n) is 5.94. The van der Waals surface area contributed by atoms with Crippen molar-refractivity contribution in [3.05, 3.63) is 76.3 Å². The first-order valence-corrected chi connectivity index (χ1v) is 9.25. The highest BCUT2D eigenvalue weighted by Crippen LogP contribution is 2.27. The minimum absolute atomic E-state index is 0.183. The average molecular weight is 441 g/mol. The molecule has 6 nitrogen and oxygen atoms in total. The zero-order valence-corrected chi connectivity index (χ0v) is 16.3. The van der Waals surface area contributed by atoms with Crippen LogP contribution in [0.5, 0.6) is 5.75 Å². The number of aliphatic carboxylic acids is 1. The molecule has 0 saturated carbocycles. The zero-order valence-electron chi connectivity index (χ0n) is 14.8. The van der Waals surface area contributed by atoms with E-state index in [0.717, 1.165) is 20.8 Å². The minimum Gasteiger partial charge on any atom is -0.481 e.